The molecule has 1 aliphatic rings. The zero-order valence-corrected chi connectivity index (χ0v) is 20.5. The molecule has 4 rings (SSSR count). The van der Waals surface area contributed by atoms with Crippen LogP contribution in [0.4, 0.5) is 5.69 Å². The first-order valence-electron chi connectivity index (χ1n) is 12.5. The molecule has 0 spiro atoms. The van der Waals surface area contributed by atoms with Crippen molar-refractivity contribution in [3.63, 3.8) is 0 Å². The summed E-state index contributed by atoms with van der Waals surface area (Å²) in [6.45, 7) is 1.71. The van der Waals surface area contributed by atoms with Gasteiger partial charge in [-0.3, -0.25) is 24.3 Å². The molecule has 3 amide bonds. The lowest BCUT2D eigenvalue weighted by Crippen LogP contribution is -2.50. The third-order valence-electron chi connectivity index (χ3n) is 6.53. The largest absolute Gasteiger partial charge is 0.459 e. The van der Waals surface area contributed by atoms with Gasteiger partial charge in [-0.05, 0) is 60.7 Å². The maximum absolute atomic E-state index is 13.8. The van der Waals surface area contributed by atoms with E-state index < -0.39 is 17.9 Å². The van der Waals surface area contributed by atoms with Crippen LogP contribution < -0.4 is 15.5 Å². The molecule has 3 aromatic rings. The normalized spacial score (nSPS) is 14.6. The lowest BCUT2D eigenvalue weighted by molar-refractivity contribution is -0.127. The van der Waals surface area contributed by atoms with Gasteiger partial charge in [-0.15, -0.1) is 0 Å². The van der Waals surface area contributed by atoms with Crippen molar-refractivity contribution in [3.8, 4) is 0 Å². The molecule has 1 saturated carbocycles. The molecule has 1 fully saturated rings. The van der Waals surface area contributed by atoms with E-state index in [2.05, 4.69) is 15.6 Å². The molecule has 1 aliphatic carbocycles. The molecule has 0 unspecified atom stereocenters. The summed E-state index contributed by atoms with van der Waals surface area (Å²) < 4.78 is 5.14. The lowest BCUT2D eigenvalue weighted by Gasteiger charge is -2.34. The molecule has 1 aromatic carbocycles. The highest BCUT2D eigenvalue weighted by molar-refractivity contribution is 6.04. The molecule has 188 valence electrons. The van der Waals surface area contributed by atoms with Crippen LogP contribution in [0.2, 0.25) is 0 Å². The number of nitrogens with zero attached hydrogens (tertiary/aromatic N) is 2. The van der Waals surface area contributed by atoms with Gasteiger partial charge in [0, 0.05) is 24.1 Å². The first-order valence-corrected chi connectivity index (χ1v) is 12.5. The molecule has 0 radical (unpaired) electrons. The van der Waals surface area contributed by atoms with Crippen molar-refractivity contribution < 1.29 is 18.8 Å². The van der Waals surface area contributed by atoms with Gasteiger partial charge in [0.05, 0.1) is 12.8 Å². The molecule has 2 aromatic heterocycles. The number of aryl methyl sites for hydroxylation is 1. The standard InChI is InChI=1S/C28H32N4O4/c1-2-20-9-6-7-12-23(20)32(25(33)19-30-27(34)24-13-8-18-36-24)26(21-14-16-29-17-15-21)28(35)31-22-10-4-3-5-11-22/h6-9,12-18,22,26H,2-5,10-11,19H2,1H3,(H,30,34)(H,31,35)/t26-/m1/s1. The first kappa shape index (κ1) is 25.2. The summed E-state index contributed by atoms with van der Waals surface area (Å²) in [5, 5.41) is 5.82. The summed E-state index contributed by atoms with van der Waals surface area (Å²) in [7, 11) is 0. The molecule has 0 aliphatic heterocycles. The Bertz CT molecular complexity index is 1160. The van der Waals surface area contributed by atoms with E-state index in [4.69, 9.17) is 4.42 Å². The van der Waals surface area contributed by atoms with E-state index in [0.29, 0.717) is 17.7 Å². The van der Waals surface area contributed by atoms with E-state index in [0.717, 1.165) is 31.2 Å². The number of amides is 3. The summed E-state index contributed by atoms with van der Waals surface area (Å²) in [5.41, 5.74) is 2.21. The van der Waals surface area contributed by atoms with Gasteiger partial charge in [-0.25, -0.2) is 0 Å². The predicted octanol–water partition coefficient (Wildman–Crippen LogP) is 4.19. The number of para-hydroxylation sites is 1. The third kappa shape index (κ3) is 6.00. The van der Waals surface area contributed by atoms with Crippen LogP contribution in [0.25, 0.3) is 0 Å². The Kier molecular flexibility index (Phi) is 8.49. The third-order valence-corrected chi connectivity index (χ3v) is 6.53. The molecule has 8 nitrogen and oxygen atoms in total. The van der Waals surface area contributed by atoms with Gasteiger partial charge in [0.2, 0.25) is 11.8 Å². The Morgan fingerprint density at radius 3 is 2.47 bits per heavy atom. The Morgan fingerprint density at radius 2 is 1.78 bits per heavy atom. The van der Waals surface area contributed by atoms with Crippen molar-refractivity contribution in [2.75, 3.05) is 11.4 Å². The van der Waals surface area contributed by atoms with Crippen LogP contribution in [0, 0.1) is 0 Å². The fourth-order valence-corrected chi connectivity index (χ4v) is 4.69. The molecule has 2 heterocycles. The highest BCUT2D eigenvalue weighted by Crippen LogP contribution is 2.31. The van der Waals surface area contributed by atoms with Crippen LogP contribution in [0.5, 0.6) is 0 Å². The SMILES string of the molecule is CCc1ccccc1N(C(=O)CNC(=O)c1ccco1)[C@@H](C(=O)NC1CCCCC1)c1ccncc1. The summed E-state index contributed by atoms with van der Waals surface area (Å²) in [4.78, 5) is 45.7. The van der Waals surface area contributed by atoms with E-state index in [-0.39, 0.29) is 24.3 Å². The summed E-state index contributed by atoms with van der Waals surface area (Å²) in [6.07, 6.45) is 10.5. The zero-order valence-electron chi connectivity index (χ0n) is 20.5. The molecular formula is C28H32N4O4. The molecule has 2 N–H and O–H groups in total. The highest BCUT2D eigenvalue weighted by Gasteiger charge is 2.35. The second-order valence-corrected chi connectivity index (χ2v) is 8.93. The van der Waals surface area contributed by atoms with Gasteiger partial charge in [-0.1, -0.05) is 44.4 Å². The number of anilines is 1. The van der Waals surface area contributed by atoms with Crippen LogP contribution in [0.1, 0.15) is 66.8 Å². The quantitative estimate of drug-likeness (QED) is 0.470. The van der Waals surface area contributed by atoms with Gasteiger partial charge >= 0.3 is 0 Å². The van der Waals surface area contributed by atoms with E-state index in [9.17, 15) is 14.4 Å². The van der Waals surface area contributed by atoms with Crippen molar-refractivity contribution in [1.29, 1.82) is 0 Å². The second-order valence-electron chi connectivity index (χ2n) is 8.93. The van der Waals surface area contributed by atoms with Crippen LogP contribution in [0.15, 0.2) is 71.6 Å². The Morgan fingerprint density at radius 1 is 1.03 bits per heavy atom. The summed E-state index contributed by atoms with van der Waals surface area (Å²) in [5.74, 6) is -1.03. The minimum absolute atomic E-state index is 0.0765. The molecule has 0 bridgehead atoms. The van der Waals surface area contributed by atoms with Gasteiger partial charge in [-0.2, -0.15) is 0 Å². The van der Waals surface area contributed by atoms with Crippen molar-refractivity contribution in [1.82, 2.24) is 15.6 Å². The topological polar surface area (TPSA) is 105 Å². The zero-order chi connectivity index (χ0) is 25.3. The lowest BCUT2D eigenvalue weighted by atomic mass is 9.94. The number of rotatable bonds is 9. The second kappa shape index (κ2) is 12.2. The van der Waals surface area contributed by atoms with Crippen molar-refractivity contribution in [2.45, 2.75) is 57.5 Å². The average molecular weight is 489 g/mol. The van der Waals surface area contributed by atoms with Crippen molar-refractivity contribution in [3.05, 3.63) is 84.1 Å². The average Bonchev–Trinajstić information content (AvgIpc) is 3.46. The Balaban J connectivity index is 1.69. The Labute approximate surface area is 211 Å². The number of benzene rings is 1. The number of aromatic nitrogens is 1. The highest BCUT2D eigenvalue weighted by atomic mass is 16.3. The maximum atomic E-state index is 13.8. The number of furan rings is 1. The maximum Gasteiger partial charge on any atom is 0.287 e. The summed E-state index contributed by atoms with van der Waals surface area (Å²) >= 11 is 0. The van der Waals surface area contributed by atoms with E-state index in [1.54, 1.807) is 30.6 Å². The van der Waals surface area contributed by atoms with Crippen LogP contribution >= 0.6 is 0 Å². The molecule has 1 atom stereocenters. The molecule has 8 heteroatoms. The fraction of sp³-hybridized carbons (Fsp3) is 0.357. The molecule has 36 heavy (non-hydrogen) atoms. The predicted molar refractivity (Wildman–Crippen MR) is 136 cm³/mol. The Hall–Kier alpha value is -3.94. The van der Waals surface area contributed by atoms with Gasteiger partial charge in [0.1, 0.15) is 6.04 Å². The van der Waals surface area contributed by atoms with Crippen LogP contribution in [-0.4, -0.2) is 35.3 Å². The number of nitrogens with one attached hydrogen (secondary N) is 2. The number of pyridine rings is 1. The van der Waals surface area contributed by atoms with Crippen molar-refractivity contribution >= 4 is 23.4 Å². The van der Waals surface area contributed by atoms with Crippen LogP contribution in [0.3, 0.4) is 0 Å². The number of hydrogen-bond donors (Lipinski definition) is 2. The fourth-order valence-electron chi connectivity index (χ4n) is 4.69. The minimum Gasteiger partial charge on any atom is -0.459 e. The van der Waals surface area contributed by atoms with Gasteiger partial charge in [0.15, 0.2) is 5.76 Å². The van der Waals surface area contributed by atoms with Crippen LogP contribution in [-0.2, 0) is 16.0 Å². The van der Waals surface area contributed by atoms with E-state index in [1.807, 2.05) is 31.2 Å². The summed E-state index contributed by atoms with van der Waals surface area (Å²) in [6, 6.07) is 13.3. The number of carbonyl (C=O) groups is 3. The monoisotopic (exact) mass is 488 g/mol. The number of carbonyl (C=O) groups excluding carboxylic acids is 3. The van der Waals surface area contributed by atoms with E-state index in [1.165, 1.54) is 23.7 Å². The molecular weight excluding hydrogens is 456 g/mol. The van der Waals surface area contributed by atoms with Crippen molar-refractivity contribution in [2.24, 2.45) is 0 Å². The first-order chi connectivity index (χ1) is 17.6. The molecule has 0 saturated heterocycles. The number of hydrogen-bond acceptors (Lipinski definition) is 5. The van der Waals surface area contributed by atoms with Gasteiger partial charge < -0.3 is 15.1 Å². The smallest absolute Gasteiger partial charge is 0.287 e. The minimum atomic E-state index is -0.921. The van der Waals surface area contributed by atoms with E-state index >= 15 is 0 Å². The van der Waals surface area contributed by atoms with Gasteiger partial charge in [0.25, 0.3) is 5.91 Å².